The van der Waals surface area contributed by atoms with Crippen molar-refractivity contribution in [3.63, 3.8) is 0 Å². The van der Waals surface area contributed by atoms with E-state index in [9.17, 15) is 4.79 Å². The van der Waals surface area contributed by atoms with Gasteiger partial charge in [0.2, 0.25) is 5.91 Å². The first kappa shape index (κ1) is 20.2. The molecule has 3 aromatic carbocycles. The molecule has 4 nitrogen and oxygen atoms in total. The Morgan fingerprint density at radius 3 is 2.47 bits per heavy atom. The SMILES string of the molecule is CCOc1ccc(C(NC(=O)CC2OCCc3ccccc32)c2ccccc2)cc1. The van der Waals surface area contributed by atoms with Crippen LogP contribution < -0.4 is 10.1 Å². The highest BCUT2D eigenvalue weighted by atomic mass is 16.5. The van der Waals surface area contributed by atoms with E-state index in [4.69, 9.17) is 9.47 Å². The Morgan fingerprint density at radius 2 is 1.70 bits per heavy atom. The zero-order valence-corrected chi connectivity index (χ0v) is 17.2. The summed E-state index contributed by atoms with van der Waals surface area (Å²) >= 11 is 0. The maximum absolute atomic E-state index is 13.0. The fourth-order valence-corrected chi connectivity index (χ4v) is 3.96. The number of benzene rings is 3. The van der Waals surface area contributed by atoms with E-state index < -0.39 is 0 Å². The Morgan fingerprint density at radius 1 is 1.00 bits per heavy atom. The van der Waals surface area contributed by atoms with Gasteiger partial charge in [-0.2, -0.15) is 0 Å². The van der Waals surface area contributed by atoms with E-state index in [0.717, 1.165) is 28.9 Å². The van der Waals surface area contributed by atoms with Crippen molar-refractivity contribution in [1.29, 1.82) is 0 Å². The molecule has 0 spiro atoms. The van der Waals surface area contributed by atoms with Crippen molar-refractivity contribution in [2.24, 2.45) is 0 Å². The van der Waals surface area contributed by atoms with Crippen LogP contribution in [0.15, 0.2) is 78.9 Å². The van der Waals surface area contributed by atoms with Crippen molar-refractivity contribution < 1.29 is 14.3 Å². The lowest BCUT2D eigenvalue weighted by atomic mass is 9.95. The van der Waals surface area contributed by atoms with Crippen molar-refractivity contribution >= 4 is 5.91 Å². The molecule has 1 amide bonds. The maximum atomic E-state index is 13.0. The average molecular weight is 402 g/mol. The van der Waals surface area contributed by atoms with Crippen molar-refractivity contribution in [3.8, 4) is 5.75 Å². The molecule has 0 fully saturated rings. The van der Waals surface area contributed by atoms with Crippen LogP contribution in [0.4, 0.5) is 0 Å². The van der Waals surface area contributed by atoms with Gasteiger partial charge in [0.05, 0.1) is 31.8 Å². The Hall–Kier alpha value is -3.11. The van der Waals surface area contributed by atoms with Gasteiger partial charge in [-0.3, -0.25) is 4.79 Å². The Bertz CT molecular complexity index is 969. The molecule has 0 aromatic heterocycles. The molecule has 1 aliphatic rings. The van der Waals surface area contributed by atoms with E-state index in [1.165, 1.54) is 5.56 Å². The van der Waals surface area contributed by atoms with Gasteiger partial charge in [-0.25, -0.2) is 0 Å². The third-order valence-corrected chi connectivity index (χ3v) is 5.43. The number of hydrogen-bond donors (Lipinski definition) is 1. The Balaban J connectivity index is 1.53. The second kappa shape index (κ2) is 9.59. The van der Waals surface area contributed by atoms with Crippen LogP contribution in [0.3, 0.4) is 0 Å². The highest BCUT2D eigenvalue weighted by Crippen LogP contribution is 2.30. The van der Waals surface area contributed by atoms with Gasteiger partial charge < -0.3 is 14.8 Å². The summed E-state index contributed by atoms with van der Waals surface area (Å²) in [6, 6.07) is 25.9. The number of hydrogen-bond acceptors (Lipinski definition) is 3. The molecule has 30 heavy (non-hydrogen) atoms. The normalized spacial score (nSPS) is 16.4. The molecule has 1 N–H and O–H groups in total. The van der Waals surface area contributed by atoms with Crippen LogP contribution in [0.1, 0.15) is 47.7 Å². The number of carbonyl (C=O) groups is 1. The molecule has 0 radical (unpaired) electrons. The van der Waals surface area contributed by atoms with Crippen LogP contribution >= 0.6 is 0 Å². The van der Waals surface area contributed by atoms with Crippen molar-refractivity contribution in [2.75, 3.05) is 13.2 Å². The molecule has 0 saturated heterocycles. The first-order valence-corrected chi connectivity index (χ1v) is 10.5. The van der Waals surface area contributed by atoms with Gasteiger partial charge >= 0.3 is 0 Å². The molecular formula is C26H27NO3. The fraction of sp³-hybridized carbons (Fsp3) is 0.269. The summed E-state index contributed by atoms with van der Waals surface area (Å²) in [7, 11) is 0. The molecular weight excluding hydrogens is 374 g/mol. The minimum Gasteiger partial charge on any atom is -0.494 e. The van der Waals surface area contributed by atoms with Crippen molar-refractivity contribution in [2.45, 2.75) is 31.9 Å². The number of amides is 1. The number of nitrogens with one attached hydrogen (secondary N) is 1. The van der Waals surface area contributed by atoms with Gasteiger partial charge in [0, 0.05) is 0 Å². The minimum absolute atomic E-state index is 0.0283. The molecule has 4 heteroatoms. The zero-order valence-electron chi connectivity index (χ0n) is 17.2. The highest BCUT2D eigenvalue weighted by molar-refractivity contribution is 5.78. The molecule has 3 aromatic rings. The van der Waals surface area contributed by atoms with E-state index in [2.05, 4.69) is 17.4 Å². The first-order valence-electron chi connectivity index (χ1n) is 10.5. The van der Waals surface area contributed by atoms with E-state index in [1.807, 2.05) is 73.7 Å². The van der Waals surface area contributed by atoms with E-state index in [-0.39, 0.29) is 18.1 Å². The van der Waals surface area contributed by atoms with E-state index in [1.54, 1.807) is 0 Å². The second-order valence-electron chi connectivity index (χ2n) is 7.43. The van der Waals surface area contributed by atoms with Gasteiger partial charge in [0.25, 0.3) is 0 Å². The molecule has 2 atom stereocenters. The third kappa shape index (κ3) is 4.71. The number of ether oxygens (including phenoxy) is 2. The summed E-state index contributed by atoms with van der Waals surface area (Å²) in [5.74, 6) is 0.797. The first-order chi connectivity index (χ1) is 14.7. The lowest BCUT2D eigenvalue weighted by molar-refractivity contribution is -0.124. The van der Waals surface area contributed by atoms with Crippen LogP contribution in [0.5, 0.6) is 5.75 Å². The van der Waals surface area contributed by atoms with Crippen LogP contribution in [0.2, 0.25) is 0 Å². The predicted molar refractivity (Wildman–Crippen MR) is 117 cm³/mol. The van der Waals surface area contributed by atoms with Crippen LogP contribution in [-0.2, 0) is 16.0 Å². The third-order valence-electron chi connectivity index (χ3n) is 5.43. The number of carbonyl (C=O) groups excluding carboxylic acids is 1. The Kier molecular flexibility index (Phi) is 6.45. The molecule has 0 bridgehead atoms. The summed E-state index contributed by atoms with van der Waals surface area (Å²) in [5.41, 5.74) is 4.45. The highest BCUT2D eigenvalue weighted by Gasteiger charge is 2.25. The van der Waals surface area contributed by atoms with Gasteiger partial charge in [0.1, 0.15) is 5.75 Å². The topological polar surface area (TPSA) is 47.6 Å². The van der Waals surface area contributed by atoms with Gasteiger partial charge in [-0.05, 0) is 47.7 Å². The van der Waals surface area contributed by atoms with Crippen LogP contribution in [0.25, 0.3) is 0 Å². The average Bonchev–Trinajstić information content (AvgIpc) is 2.79. The quantitative estimate of drug-likeness (QED) is 0.606. The number of rotatable bonds is 7. The predicted octanol–water partition coefficient (Wildman–Crippen LogP) is 5.00. The summed E-state index contributed by atoms with van der Waals surface area (Å²) in [5, 5.41) is 3.22. The molecule has 2 unspecified atom stereocenters. The maximum Gasteiger partial charge on any atom is 0.223 e. The van der Waals surface area contributed by atoms with Gasteiger partial charge in [-0.1, -0.05) is 66.7 Å². The van der Waals surface area contributed by atoms with Gasteiger partial charge in [-0.15, -0.1) is 0 Å². The van der Waals surface area contributed by atoms with E-state index in [0.29, 0.717) is 19.6 Å². The fourth-order valence-electron chi connectivity index (χ4n) is 3.96. The van der Waals surface area contributed by atoms with E-state index >= 15 is 0 Å². The van der Waals surface area contributed by atoms with Crippen LogP contribution in [0, 0.1) is 0 Å². The lowest BCUT2D eigenvalue weighted by Gasteiger charge is -2.27. The minimum atomic E-state index is -0.229. The van der Waals surface area contributed by atoms with Gasteiger partial charge in [0.15, 0.2) is 0 Å². The molecule has 1 heterocycles. The van der Waals surface area contributed by atoms with Crippen molar-refractivity contribution in [3.05, 3.63) is 101 Å². The standard InChI is InChI=1S/C26H27NO3/c1-2-29-22-14-12-21(13-15-22)26(20-9-4-3-5-10-20)27-25(28)18-24-23-11-7-6-8-19(23)16-17-30-24/h3-15,24,26H,2,16-18H2,1H3,(H,27,28). The largest absolute Gasteiger partial charge is 0.494 e. The zero-order chi connectivity index (χ0) is 20.8. The molecule has 1 aliphatic heterocycles. The molecule has 0 saturated carbocycles. The second-order valence-corrected chi connectivity index (χ2v) is 7.43. The monoisotopic (exact) mass is 401 g/mol. The number of fused-ring (bicyclic) bond motifs is 1. The summed E-state index contributed by atoms with van der Waals surface area (Å²) < 4.78 is 11.5. The van der Waals surface area contributed by atoms with Crippen LogP contribution in [-0.4, -0.2) is 19.1 Å². The van der Waals surface area contributed by atoms with Crippen molar-refractivity contribution in [1.82, 2.24) is 5.32 Å². The lowest BCUT2D eigenvalue weighted by Crippen LogP contribution is -2.31. The summed E-state index contributed by atoms with van der Waals surface area (Å²) in [4.78, 5) is 13.0. The Labute approximate surface area is 177 Å². The summed E-state index contributed by atoms with van der Waals surface area (Å²) in [6.45, 7) is 3.24. The molecule has 4 rings (SSSR count). The smallest absolute Gasteiger partial charge is 0.223 e. The summed E-state index contributed by atoms with van der Waals surface area (Å²) in [6.07, 6.45) is 0.997. The molecule has 154 valence electrons. The molecule has 0 aliphatic carbocycles.